The minimum absolute atomic E-state index is 0.799. The van der Waals surface area contributed by atoms with E-state index in [9.17, 15) is 23.1 Å². The van der Waals surface area contributed by atoms with E-state index in [0.717, 1.165) is 22.2 Å². The van der Waals surface area contributed by atoms with Gasteiger partial charge in [0.25, 0.3) is 0 Å². The Morgan fingerprint density at radius 2 is 1.78 bits per heavy atom. The van der Waals surface area contributed by atoms with E-state index >= 15 is 0 Å². The summed E-state index contributed by atoms with van der Waals surface area (Å²) in [5, 5.41) is 21.5. The number of alkyl halides is 3. The first-order valence-corrected chi connectivity index (χ1v) is 7.45. The van der Waals surface area contributed by atoms with Crippen molar-refractivity contribution in [2.75, 3.05) is 0 Å². The zero-order chi connectivity index (χ0) is 20.4. The van der Waals surface area contributed by atoms with Crippen LogP contribution in [-0.4, -0.2) is 48.1 Å². The van der Waals surface area contributed by atoms with Crippen molar-refractivity contribution in [1.82, 2.24) is 19.7 Å². The molecule has 27 heavy (non-hydrogen) atoms. The van der Waals surface area contributed by atoms with E-state index in [1.807, 2.05) is 18.3 Å². The van der Waals surface area contributed by atoms with Crippen molar-refractivity contribution in [2.24, 2.45) is 0 Å². The van der Waals surface area contributed by atoms with Gasteiger partial charge in [-0.2, -0.15) is 18.3 Å². The predicted octanol–water partition coefficient (Wildman–Crippen LogP) is 2.88. The Morgan fingerprint density at radius 1 is 1.15 bits per heavy atom. The van der Waals surface area contributed by atoms with Gasteiger partial charge in [0.05, 0.1) is 6.20 Å². The minimum atomic E-state index is -5.08. The molecule has 0 fully saturated rings. The van der Waals surface area contributed by atoms with Crippen LogP contribution in [0.25, 0.3) is 22.2 Å². The number of halogens is 3. The second-order valence-corrected chi connectivity index (χ2v) is 5.94. The van der Waals surface area contributed by atoms with Crippen LogP contribution in [0.15, 0.2) is 36.9 Å². The first-order chi connectivity index (χ1) is 12.4. The van der Waals surface area contributed by atoms with Crippen molar-refractivity contribution in [1.29, 1.82) is 0 Å². The van der Waals surface area contributed by atoms with E-state index < -0.39 is 23.7 Å². The molecule has 0 aromatic carbocycles. The number of nitrogens with zero attached hydrogens (tertiary/aromatic N) is 3. The van der Waals surface area contributed by atoms with Crippen molar-refractivity contribution >= 4 is 23.0 Å². The summed E-state index contributed by atoms with van der Waals surface area (Å²) in [6.07, 6.45) is 1.88. The van der Waals surface area contributed by atoms with Crippen molar-refractivity contribution in [2.45, 2.75) is 25.6 Å². The van der Waals surface area contributed by atoms with Crippen LogP contribution in [0.1, 0.15) is 13.8 Å². The quantitative estimate of drug-likeness (QED) is 0.638. The number of H-pyrrole nitrogens is 1. The lowest BCUT2D eigenvalue weighted by Gasteiger charge is -2.19. The Hall–Kier alpha value is -3.37. The lowest BCUT2D eigenvalue weighted by molar-refractivity contribution is -0.192. The van der Waals surface area contributed by atoms with Crippen LogP contribution in [0.2, 0.25) is 0 Å². The van der Waals surface area contributed by atoms with Gasteiger partial charge < -0.3 is 15.2 Å². The smallest absolute Gasteiger partial charge is 0.479 e. The van der Waals surface area contributed by atoms with Gasteiger partial charge in [-0.1, -0.05) is 0 Å². The summed E-state index contributed by atoms with van der Waals surface area (Å²) in [5.41, 5.74) is 1.56. The summed E-state index contributed by atoms with van der Waals surface area (Å²) in [6, 6.07) is 3.84. The van der Waals surface area contributed by atoms with Crippen molar-refractivity contribution < 1.29 is 33.0 Å². The molecule has 0 amide bonds. The van der Waals surface area contributed by atoms with Gasteiger partial charge in [0, 0.05) is 29.5 Å². The first-order valence-electron chi connectivity index (χ1n) is 7.45. The number of carboxylic acid groups (broad SMARTS) is 2. The average Bonchev–Trinajstić information content (AvgIpc) is 3.23. The van der Waals surface area contributed by atoms with Crippen LogP contribution in [0, 0.1) is 0 Å². The topological polar surface area (TPSA) is 121 Å². The van der Waals surface area contributed by atoms with E-state index in [1.54, 1.807) is 32.4 Å². The molecule has 3 aromatic heterocycles. The van der Waals surface area contributed by atoms with Gasteiger partial charge in [-0.25, -0.2) is 14.6 Å². The van der Waals surface area contributed by atoms with Crippen LogP contribution < -0.4 is 0 Å². The Labute approximate surface area is 150 Å². The van der Waals surface area contributed by atoms with Gasteiger partial charge in [-0.15, -0.1) is 0 Å². The van der Waals surface area contributed by atoms with Crippen LogP contribution in [0.4, 0.5) is 13.2 Å². The SMILES string of the molecule is CC(C)(C(=O)O)n1cc(-c2ccnc3[nH]ccc23)cn1.O=C(O)C(F)(F)F. The number of hydrogen-bond donors (Lipinski definition) is 3. The summed E-state index contributed by atoms with van der Waals surface area (Å²) in [6.45, 7) is 3.23. The summed E-state index contributed by atoms with van der Waals surface area (Å²) in [4.78, 5) is 27.4. The predicted molar refractivity (Wildman–Crippen MR) is 88.0 cm³/mol. The third-order valence-corrected chi connectivity index (χ3v) is 3.69. The van der Waals surface area contributed by atoms with Gasteiger partial charge in [-0.3, -0.25) is 4.68 Å². The number of fused-ring (bicyclic) bond motifs is 1. The molecule has 3 aromatic rings. The molecular weight excluding hydrogens is 369 g/mol. The van der Waals surface area contributed by atoms with Crippen molar-refractivity contribution in [3.05, 3.63) is 36.9 Å². The maximum Gasteiger partial charge on any atom is 0.490 e. The van der Waals surface area contributed by atoms with E-state index in [2.05, 4.69) is 15.1 Å². The Morgan fingerprint density at radius 3 is 2.33 bits per heavy atom. The van der Waals surface area contributed by atoms with E-state index in [-0.39, 0.29) is 0 Å². The zero-order valence-corrected chi connectivity index (χ0v) is 14.2. The van der Waals surface area contributed by atoms with Crippen LogP contribution in [0.3, 0.4) is 0 Å². The number of carboxylic acids is 2. The molecule has 0 saturated carbocycles. The molecule has 8 nitrogen and oxygen atoms in total. The first kappa shape index (κ1) is 19.9. The molecule has 0 saturated heterocycles. The number of hydrogen-bond acceptors (Lipinski definition) is 4. The van der Waals surface area contributed by atoms with Gasteiger partial charge in [-0.05, 0) is 31.5 Å². The monoisotopic (exact) mass is 384 g/mol. The highest BCUT2D eigenvalue weighted by molar-refractivity contribution is 5.92. The van der Waals surface area contributed by atoms with Gasteiger partial charge in [0.15, 0.2) is 5.54 Å². The highest BCUT2D eigenvalue weighted by Gasteiger charge is 2.38. The molecule has 11 heteroatoms. The summed E-state index contributed by atoms with van der Waals surface area (Å²) < 4.78 is 33.2. The van der Waals surface area contributed by atoms with Crippen molar-refractivity contribution in [3.8, 4) is 11.1 Å². The standard InChI is InChI=1S/C14H14N4O2.C2HF3O2/c1-14(2,13(19)20)18-8-9(7-17-18)10-3-5-15-12-11(10)4-6-16-12;3-2(4,5)1(6)7/h3-8H,1-2H3,(H,15,16)(H,19,20);(H,6,7). The summed E-state index contributed by atoms with van der Waals surface area (Å²) >= 11 is 0. The minimum Gasteiger partial charge on any atom is -0.479 e. The fraction of sp³-hybridized carbons (Fsp3) is 0.250. The van der Waals surface area contributed by atoms with Crippen LogP contribution in [-0.2, 0) is 15.1 Å². The number of aliphatic carboxylic acids is 2. The lowest BCUT2D eigenvalue weighted by atomic mass is 10.1. The fourth-order valence-electron chi connectivity index (χ4n) is 2.08. The molecule has 0 aliphatic rings. The Bertz CT molecular complexity index is 975. The second-order valence-electron chi connectivity index (χ2n) is 5.94. The number of nitrogens with one attached hydrogen (secondary N) is 1. The van der Waals surface area contributed by atoms with Gasteiger partial charge >= 0.3 is 18.1 Å². The Balaban J connectivity index is 0.000000321. The number of carbonyl (C=O) groups is 2. The molecule has 3 rings (SSSR count). The van der Waals surface area contributed by atoms with Crippen LogP contribution >= 0.6 is 0 Å². The van der Waals surface area contributed by atoms with E-state index in [4.69, 9.17) is 9.90 Å². The van der Waals surface area contributed by atoms with E-state index in [0.29, 0.717) is 0 Å². The number of aromatic nitrogens is 4. The normalized spacial score (nSPS) is 11.7. The third kappa shape index (κ3) is 4.25. The van der Waals surface area contributed by atoms with Crippen LogP contribution in [0.5, 0.6) is 0 Å². The molecule has 0 spiro atoms. The van der Waals surface area contributed by atoms with Gasteiger partial charge in [0.1, 0.15) is 5.65 Å². The largest absolute Gasteiger partial charge is 0.490 e. The number of pyridine rings is 1. The number of rotatable bonds is 3. The molecule has 3 N–H and O–H groups in total. The summed E-state index contributed by atoms with van der Waals surface area (Å²) in [5.74, 6) is -3.68. The highest BCUT2D eigenvalue weighted by Crippen LogP contribution is 2.28. The Kier molecular flexibility index (Phi) is 5.24. The zero-order valence-electron chi connectivity index (χ0n) is 14.2. The molecular formula is C16H15F3N4O4. The summed E-state index contributed by atoms with van der Waals surface area (Å²) in [7, 11) is 0. The second kappa shape index (κ2) is 7.09. The molecule has 0 unspecified atom stereocenters. The van der Waals surface area contributed by atoms with Crippen molar-refractivity contribution in [3.63, 3.8) is 0 Å². The van der Waals surface area contributed by atoms with Gasteiger partial charge in [0.2, 0.25) is 0 Å². The lowest BCUT2D eigenvalue weighted by Crippen LogP contribution is -2.35. The molecule has 0 aliphatic carbocycles. The molecule has 0 bridgehead atoms. The fourth-order valence-corrected chi connectivity index (χ4v) is 2.08. The maximum absolute atomic E-state index is 11.3. The molecule has 3 heterocycles. The molecule has 144 valence electrons. The number of aromatic amines is 1. The maximum atomic E-state index is 11.3. The molecule has 0 aliphatic heterocycles. The molecule has 0 radical (unpaired) electrons. The highest BCUT2D eigenvalue weighted by atomic mass is 19.4. The third-order valence-electron chi connectivity index (χ3n) is 3.69. The van der Waals surface area contributed by atoms with E-state index in [1.165, 1.54) is 4.68 Å². The molecule has 0 atom stereocenters. The average molecular weight is 384 g/mol.